The van der Waals surface area contributed by atoms with Crippen LogP contribution in [0.25, 0.3) is 11.8 Å². The van der Waals surface area contributed by atoms with Crippen molar-refractivity contribution in [2.24, 2.45) is 17.1 Å². The molecule has 4 rings (SSSR count). The Morgan fingerprint density at radius 3 is 2.72 bits per heavy atom. The largest absolute Gasteiger partial charge is 0.326 e. The van der Waals surface area contributed by atoms with Gasteiger partial charge in [0.1, 0.15) is 5.82 Å². The molecule has 3 nitrogen and oxygen atoms in total. The maximum atomic E-state index is 13.2. The fourth-order valence-corrected chi connectivity index (χ4v) is 4.68. The number of nitrogens with two attached hydrogens (primary N) is 1. The molecule has 1 fully saturated rings. The number of halogens is 1. The summed E-state index contributed by atoms with van der Waals surface area (Å²) in [4.78, 5) is 0. The highest BCUT2D eigenvalue weighted by Gasteiger charge is 2.46. The lowest BCUT2D eigenvalue weighted by molar-refractivity contribution is 0.217. The SMILES string of the molecule is CC(C)(N)C[C@H]1CCC2=Cc3c(cnn3-c3ccc(F)cc3)CC21C. The summed E-state index contributed by atoms with van der Waals surface area (Å²) in [5.41, 5.74) is 11.2. The first-order valence-electron chi connectivity index (χ1n) is 9.09. The molecule has 0 amide bonds. The third-order valence-corrected chi connectivity index (χ3v) is 6.00. The zero-order valence-corrected chi connectivity index (χ0v) is 15.2. The Morgan fingerprint density at radius 1 is 1.32 bits per heavy atom. The van der Waals surface area contributed by atoms with Crippen LogP contribution in [-0.2, 0) is 6.42 Å². The van der Waals surface area contributed by atoms with Crippen molar-refractivity contribution in [1.82, 2.24) is 9.78 Å². The summed E-state index contributed by atoms with van der Waals surface area (Å²) in [6.45, 7) is 6.64. The van der Waals surface area contributed by atoms with Gasteiger partial charge in [0.25, 0.3) is 0 Å². The summed E-state index contributed by atoms with van der Waals surface area (Å²) in [5, 5.41) is 4.58. The molecule has 2 N–H and O–H groups in total. The van der Waals surface area contributed by atoms with E-state index in [1.807, 2.05) is 10.9 Å². The summed E-state index contributed by atoms with van der Waals surface area (Å²) < 4.78 is 15.2. The Balaban J connectivity index is 1.70. The molecule has 1 aromatic carbocycles. The van der Waals surface area contributed by atoms with Crippen LogP contribution in [-0.4, -0.2) is 15.3 Å². The van der Waals surface area contributed by atoms with Gasteiger partial charge in [-0.15, -0.1) is 0 Å². The van der Waals surface area contributed by atoms with E-state index in [0.29, 0.717) is 5.92 Å². The van der Waals surface area contributed by atoms with E-state index in [-0.39, 0.29) is 16.8 Å². The molecular weight excluding hydrogens is 313 g/mol. The van der Waals surface area contributed by atoms with E-state index in [2.05, 4.69) is 31.9 Å². The molecule has 0 aliphatic heterocycles. The predicted octanol–water partition coefficient (Wildman–Crippen LogP) is 4.49. The van der Waals surface area contributed by atoms with Crippen molar-refractivity contribution in [1.29, 1.82) is 0 Å². The van der Waals surface area contributed by atoms with Gasteiger partial charge in [0, 0.05) is 5.54 Å². The van der Waals surface area contributed by atoms with Crippen molar-refractivity contribution in [2.45, 2.75) is 52.0 Å². The van der Waals surface area contributed by atoms with E-state index < -0.39 is 0 Å². The highest BCUT2D eigenvalue weighted by molar-refractivity contribution is 5.61. The summed E-state index contributed by atoms with van der Waals surface area (Å²) in [5.74, 6) is 0.389. The smallest absolute Gasteiger partial charge is 0.123 e. The molecule has 0 bridgehead atoms. The second-order valence-electron chi connectivity index (χ2n) is 8.64. The number of fused-ring (bicyclic) bond motifs is 2. The maximum Gasteiger partial charge on any atom is 0.123 e. The standard InChI is InChI=1S/C21H26FN3/c1-20(2,23)12-16-5-4-15-10-19-14(11-21(15,16)3)13-24-25(19)18-8-6-17(22)7-9-18/h6-10,13,16H,4-5,11-12,23H2,1-3H3/t16-,21?/m1/s1. The van der Waals surface area contributed by atoms with E-state index in [1.54, 1.807) is 12.1 Å². The summed E-state index contributed by atoms with van der Waals surface area (Å²) >= 11 is 0. The Kier molecular flexibility index (Phi) is 3.66. The Bertz CT molecular complexity index is 826. The van der Waals surface area contributed by atoms with Crippen LogP contribution >= 0.6 is 0 Å². The molecule has 25 heavy (non-hydrogen) atoms. The van der Waals surface area contributed by atoms with Crippen LogP contribution in [0.3, 0.4) is 0 Å². The van der Waals surface area contributed by atoms with E-state index >= 15 is 0 Å². The maximum absolute atomic E-state index is 13.2. The first kappa shape index (κ1) is 16.5. The van der Waals surface area contributed by atoms with Crippen LogP contribution in [0.5, 0.6) is 0 Å². The number of hydrogen-bond acceptors (Lipinski definition) is 2. The second-order valence-corrected chi connectivity index (χ2v) is 8.64. The Hall–Kier alpha value is -1.94. The van der Waals surface area contributed by atoms with Gasteiger partial charge < -0.3 is 5.73 Å². The van der Waals surface area contributed by atoms with Gasteiger partial charge in [0.15, 0.2) is 0 Å². The topological polar surface area (TPSA) is 43.8 Å². The molecule has 1 unspecified atom stereocenters. The summed E-state index contributed by atoms with van der Waals surface area (Å²) in [7, 11) is 0. The van der Waals surface area contributed by atoms with Gasteiger partial charge in [-0.1, -0.05) is 12.5 Å². The van der Waals surface area contributed by atoms with Gasteiger partial charge >= 0.3 is 0 Å². The predicted molar refractivity (Wildman–Crippen MR) is 98.9 cm³/mol. The molecule has 2 aromatic rings. The number of nitrogens with zero attached hydrogens (tertiary/aromatic N) is 2. The van der Waals surface area contributed by atoms with Crippen molar-refractivity contribution in [3.05, 3.63) is 53.1 Å². The summed E-state index contributed by atoms with van der Waals surface area (Å²) in [6, 6.07) is 6.53. The van der Waals surface area contributed by atoms with Crippen molar-refractivity contribution in [3.63, 3.8) is 0 Å². The highest BCUT2D eigenvalue weighted by atomic mass is 19.1. The quantitative estimate of drug-likeness (QED) is 0.895. The highest BCUT2D eigenvalue weighted by Crippen LogP contribution is 2.55. The fraction of sp³-hybridized carbons (Fsp3) is 0.476. The Labute approximate surface area is 148 Å². The molecule has 4 heteroatoms. The van der Waals surface area contributed by atoms with Gasteiger partial charge in [-0.25, -0.2) is 9.07 Å². The van der Waals surface area contributed by atoms with Crippen molar-refractivity contribution >= 4 is 6.08 Å². The number of rotatable bonds is 3. The monoisotopic (exact) mass is 339 g/mol. The van der Waals surface area contributed by atoms with Crippen LogP contribution in [0.15, 0.2) is 36.0 Å². The molecule has 0 saturated heterocycles. The van der Waals surface area contributed by atoms with E-state index in [4.69, 9.17) is 5.73 Å². The molecule has 2 aliphatic rings. The van der Waals surface area contributed by atoms with Crippen molar-refractivity contribution in [3.8, 4) is 5.69 Å². The van der Waals surface area contributed by atoms with Gasteiger partial charge in [0.2, 0.25) is 0 Å². The van der Waals surface area contributed by atoms with E-state index in [9.17, 15) is 4.39 Å². The molecule has 0 spiro atoms. The molecule has 2 aliphatic carbocycles. The molecule has 1 aromatic heterocycles. The van der Waals surface area contributed by atoms with Gasteiger partial charge in [0.05, 0.1) is 17.6 Å². The van der Waals surface area contributed by atoms with E-state index in [0.717, 1.165) is 30.6 Å². The Morgan fingerprint density at radius 2 is 2.04 bits per heavy atom. The molecular formula is C21H26FN3. The number of hydrogen-bond donors (Lipinski definition) is 1. The van der Waals surface area contributed by atoms with Crippen LogP contribution in [0, 0.1) is 17.2 Å². The van der Waals surface area contributed by atoms with Crippen LogP contribution in [0.2, 0.25) is 0 Å². The minimum Gasteiger partial charge on any atom is -0.326 e. The van der Waals surface area contributed by atoms with E-state index in [1.165, 1.54) is 29.7 Å². The average molecular weight is 339 g/mol. The van der Waals surface area contributed by atoms with Crippen LogP contribution < -0.4 is 5.73 Å². The molecule has 2 atom stereocenters. The normalized spacial score (nSPS) is 25.5. The lowest BCUT2D eigenvalue weighted by Gasteiger charge is -2.38. The van der Waals surface area contributed by atoms with Crippen LogP contribution in [0.4, 0.5) is 4.39 Å². The van der Waals surface area contributed by atoms with Gasteiger partial charge in [-0.3, -0.25) is 0 Å². The zero-order chi connectivity index (χ0) is 17.8. The molecule has 0 radical (unpaired) electrons. The zero-order valence-electron chi connectivity index (χ0n) is 15.2. The van der Waals surface area contributed by atoms with Crippen LogP contribution in [0.1, 0.15) is 51.3 Å². The second kappa shape index (κ2) is 5.53. The third kappa shape index (κ3) is 2.82. The lowest BCUT2D eigenvalue weighted by Crippen LogP contribution is -2.39. The first-order chi connectivity index (χ1) is 11.8. The molecule has 132 valence electrons. The lowest BCUT2D eigenvalue weighted by atomic mass is 9.67. The third-order valence-electron chi connectivity index (χ3n) is 6.00. The molecule has 1 saturated carbocycles. The summed E-state index contributed by atoms with van der Waals surface area (Å²) in [6.07, 6.45) is 8.68. The minimum atomic E-state index is -0.223. The van der Waals surface area contributed by atoms with Crippen molar-refractivity contribution < 1.29 is 4.39 Å². The average Bonchev–Trinajstić information content (AvgIpc) is 3.06. The molecule has 1 heterocycles. The number of allylic oxidation sites excluding steroid dienone is 1. The number of aromatic nitrogens is 2. The fourth-order valence-electron chi connectivity index (χ4n) is 4.68. The van der Waals surface area contributed by atoms with Gasteiger partial charge in [-0.2, -0.15) is 5.10 Å². The minimum absolute atomic E-state index is 0.137. The van der Waals surface area contributed by atoms with Crippen molar-refractivity contribution in [2.75, 3.05) is 0 Å². The number of benzene rings is 1. The first-order valence-corrected chi connectivity index (χ1v) is 9.09. The van der Waals surface area contributed by atoms with Gasteiger partial charge in [-0.05, 0) is 86.8 Å².